The quantitative estimate of drug-likeness (QED) is 0.201. The average Bonchev–Trinajstić information content (AvgIpc) is 3.25. The van der Waals surface area contributed by atoms with Crippen LogP contribution in [0.1, 0.15) is 25.5 Å². The molecule has 1 aromatic heterocycles. The molecule has 4 aromatic carbocycles. The van der Waals surface area contributed by atoms with Crippen LogP contribution in [0.2, 0.25) is 0 Å². The summed E-state index contributed by atoms with van der Waals surface area (Å²) in [4.78, 5) is 0. The van der Waals surface area contributed by atoms with E-state index in [1.807, 2.05) is 73.4 Å². The van der Waals surface area contributed by atoms with Crippen molar-refractivity contribution in [3.05, 3.63) is 127 Å². The first-order valence-corrected chi connectivity index (χ1v) is 15.0. The van der Waals surface area contributed by atoms with Crippen molar-refractivity contribution in [2.24, 2.45) is 0 Å². The highest BCUT2D eigenvalue weighted by atomic mass is 31.2. The summed E-state index contributed by atoms with van der Waals surface area (Å²) < 4.78 is 30.6. The Morgan fingerprint density at radius 1 is 0.676 bits per heavy atom. The summed E-state index contributed by atoms with van der Waals surface area (Å²) in [5, 5.41) is 0.853. The Morgan fingerprint density at radius 2 is 1.16 bits per heavy atom. The number of hydrogen-bond donors (Lipinski definition) is 0. The molecule has 0 saturated carbocycles. The Hall–Kier alpha value is -3.68. The first kappa shape index (κ1) is 25.0. The molecule has 1 atom stereocenters. The van der Waals surface area contributed by atoms with E-state index in [0.717, 1.165) is 44.5 Å². The maximum Gasteiger partial charge on any atom is 0.131 e. The molecule has 0 spiro atoms. The molecule has 0 N–H and O–H groups in total. The van der Waals surface area contributed by atoms with Gasteiger partial charge in [-0.25, -0.2) is 4.39 Å². The molecular formula is C33H31FNOP. The highest BCUT2D eigenvalue weighted by Gasteiger charge is 2.30. The molecule has 0 amide bonds. The average molecular weight is 508 g/mol. The maximum absolute atomic E-state index is 14.3. The van der Waals surface area contributed by atoms with Gasteiger partial charge in [0.05, 0.1) is 12.0 Å². The lowest BCUT2D eigenvalue weighted by Crippen LogP contribution is -2.13. The van der Waals surface area contributed by atoms with Crippen molar-refractivity contribution in [1.29, 1.82) is 0 Å². The first-order chi connectivity index (χ1) is 17.9. The van der Waals surface area contributed by atoms with Gasteiger partial charge in [0.25, 0.3) is 0 Å². The van der Waals surface area contributed by atoms with Gasteiger partial charge in [-0.2, -0.15) is 0 Å². The maximum atomic E-state index is 14.3. The third kappa shape index (κ3) is 4.97. The predicted molar refractivity (Wildman–Crippen MR) is 154 cm³/mol. The molecule has 1 heterocycles. The van der Waals surface area contributed by atoms with Gasteiger partial charge >= 0.3 is 0 Å². The standard InChI is InChI=1S/C33H31FNOP/c1-24(2)32-30(25-13-7-4-8-14-25)31(26-15-9-5-10-16-26)33(27-19-21-28(34)22-20-27)35(32)23-37(3,36)29-17-11-6-12-18-29/h4-22,24H,23H2,1-3H3. The van der Waals surface area contributed by atoms with Gasteiger partial charge in [0, 0.05) is 22.1 Å². The lowest BCUT2D eigenvalue weighted by Gasteiger charge is -2.22. The molecule has 0 aliphatic heterocycles. The summed E-state index contributed by atoms with van der Waals surface area (Å²) in [6, 6.07) is 37.1. The Balaban J connectivity index is 1.90. The van der Waals surface area contributed by atoms with Gasteiger partial charge in [0.1, 0.15) is 13.0 Å². The van der Waals surface area contributed by atoms with Crippen LogP contribution in [-0.2, 0) is 10.9 Å². The highest BCUT2D eigenvalue weighted by Crippen LogP contribution is 2.51. The summed E-state index contributed by atoms with van der Waals surface area (Å²) in [5.41, 5.74) is 7.39. The minimum Gasteiger partial charge on any atom is -0.336 e. The second kappa shape index (κ2) is 10.4. The largest absolute Gasteiger partial charge is 0.336 e. The van der Waals surface area contributed by atoms with E-state index in [1.165, 1.54) is 12.1 Å². The second-order valence-corrected chi connectivity index (χ2v) is 12.9. The normalized spacial score (nSPS) is 13.0. The molecule has 0 aliphatic rings. The molecule has 37 heavy (non-hydrogen) atoms. The van der Waals surface area contributed by atoms with Crippen LogP contribution < -0.4 is 5.30 Å². The van der Waals surface area contributed by atoms with Gasteiger partial charge in [-0.15, -0.1) is 0 Å². The SMILES string of the molecule is CC(C)c1c(-c2ccccc2)c(-c2ccccc2)c(-c2ccc(F)cc2)n1CP(C)(=O)c1ccccc1. The molecule has 0 radical (unpaired) electrons. The van der Waals surface area contributed by atoms with Gasteiger partial charge in [-0.3, -0.25) is 0 Å². The lowest BCUT2D eigenvalue weighted by atomic mass is 9.91. The fraction of sp³-hybridized carbons (Fsp3) is 0.152. The number of rotatable bonds is 7. The summed E-state index contributed by atoms with van der Waals surface area (Å²) >= 11 is 0. The molecule has 0 fully saturated rings. The van der Waals surface area contributed by atoms with E-state index < -0.39 is 7.14 Å². The van der Waals surface area contributed by atoms with E-state index in [1.54, 1.807) is 0 Å². The van der Waals surface area contributed by atoms with Crippen molar-refractivity contribution in [3.63, 3.8) is 0 Å². The van der Waals surface area contributed by atoms with Gasteiger partial charge in [0.15, 0.2) is 0 Å². The third-order valence-electron chi connectivity index (χ3n) is 6.81. The fourth-order valence-electron chi connectivity index (χ4n) is 5.17. The van der Waals surface area contributed by atoms with Gasteiger partial charge in [0.2, 0.25) is 0 Å². The first-order valence-electron chi connectivity index (χ1n) is 12.6. The van der Waals surface area contributed by atoms with Crippen LogP contribution in [0.4, 0.5) is 4.39 Å². The molecular weight excluding hydrogens is 476 g/mol. The summed E-state index contributed by atoms with van der Waals surface area (Å²) in [6.07, 6.45) is 0.351. The van der Waals surface area contributed by atoms with Crippen LogP contribution in [0.25, 0.3) is 33.5 Å². The fourth-order valence-corrected chi connectivity index (χ4v) is 6.97. The monoisotopic (exact) mass is 507 g/mol. The molecule has 1 unspecified atom stereocenters. The van der Waals surface area contributed by atoms with E-state index in [-0.39, 0.29) is 11.7 Å². The van der Waals surface area contributed by atoms with Crippen molar-refractivity contribution in [2.45, 2.75) is 26.1 Å². The van der Waals surface area contributed by atoms with Gasteiger partial charge in [-0.05, 0) is 53.5 Å². The Morgan fingerprint density at radius 3 is 1.68 bits per heavy atom. The molecule has 0 bridgehead atoms. The van der Waals surface area contributed by atoms with Crippen molar-refractivity contribution in [3.8, 4) is 33.5 Å². The van der Waals surface area contributed by atoms with Crippen LogP contribution in [0.5, 0.6) is 0 Å². The van der Waals surface area contributed by atoms with Crippen molar-refractivity contribution < 1.29 is 8.96 Å². The topological polar surface area (TPSA) is 22.0 Å². The zero-order valence-corrected chi connectivity index (χ0v) is 22.3. The number of aromatic nitrogens is 1. The van der Waals surface area contributed by atoms with Crippen LogP contribution in [0, 0.1) is 5.82 Å². The molecule has 186 valence electrons. The van der Waals surface area contributed by atoms with Crippen molar-refractivity contribution in [2.75, 3.05) is 6.66 Å². The Labute approximate surface area is 218 Å². The zero-order chi connectivity index (χ0) is 26.0. The zero-order valence-electron chi connectivity index (χ0n) is 21.4. The van der Waals surface area contributed by atoms with Crippen LogP contribution in [0.15, 0.2) is 115 Å². The number of hydrogen-bond acceptors (Lipinski definition) is 1. The Kier molecular flexibility index (Phi) is 7.00. The van der Waals surface area contributed by atoms with Crippen LogP contribution >= 0.6 is 7.14 Å². The smallest absolute Gasteiger partial charge is 0.131 e. The van der Waals surface area contributed by atoms with Gasteiger partial charge < -0.3 is 9.13 Å². The van der Waals surface area contributed by atoms with Crippen molar-refractivity contribution in [1.82, 2.24) is 4.57 Å². The molecule has 4 heteroatoms. The molecule has 5 aromatic rings. The Bertz CT molecular complexity index is 1540. The summed E-state index contributed by atoms with van der Waals surface area (Å²) in [5.74, 6) is -0.122. The molecule has 2 nitrogen and oxygen atoms in total. The minimum absolute atomic E-state index is 0.155. The third-order valence-corrected chi connectivity index (χ3v) is 9.02. The van der Waals surface area contributed by atoms with E-state index in [0.29, 0.717) is 6.29 Å². The minimum atomic E-state index is -2.79. The van der Waals surface area contributed by atoms with Crippen molar-refractivity contribution >= 4 is 12.4 Å². The molecule has 5 rings (SSSR count). The van der Waals surface area contributed by atoms with E-state index in [9.17, 15) is 8.96 Å². The molecule has 0 saturated heterocycles. The summed E-state index contributed by atoms with van der Waals surface area (Å²) in [7, 11) is -2.79. The lowest BCUT2D eigenvalue weighted by molar-refractivity contribution is 0.575. The number of nitrogens with zero attached hydrogens (tertiary/aromatic N) is 1. The highest BCUT2D eigenvalue weighted by molar-refractivity contribution is 7.69. The van der Waals surface area contributed by atoms with E-state index in [4.69, 9.17) is 0 Å². The second-order valence-electron chi connectivity index (χ2n) is 9.88. The van der Waals surface area contributed by atoms with Gasteiger partial charge in [-0.1, -0.05) is 105 Å². The predicted octanol–water partition coefficient (Wildman–Crippen LogP) is 9.03. The number of halogens is 1. The summed E-state index contributed by atoms with van der Waals surface area (Å²) in [6.45, 7) is 6.24. The number of benzene rings is 4. The van der Waals surface area contributed by atoms with Crippen LogP contribution in [-0.4, -0.2) is 11.2 Å². The molecule has 0 aliphatic carbocycles. The van der Waals surface area contributed by atoms with E-state index >= 15 is 0 Å². The van der Waals surface area contributed by atoms with Crippen LogP contribution in [0.3, 0.4) is 0 Å². The van der Waals surface area contributed by atoms with E-state index in [2.05, 4.69) is 54.8 Å².